The van der Waals surface area contributed by atoms with Crippen LogP contribution in [0.4, 0.5) is 0 Å². The molecule has 0 spiro atoms. The molecule has 0 unspecified atom stereocenters. The topological polar surface area (TPSA) is 77.5 Å². The number of H-pyrrole nitrogens is 1. The molecule has 0 aliphatic rings. The Labute approximate surface area is 111 Å². The van der Waals surface area contributed by atoms with Gasteiger partial charge in [-0.2, -0.15) is 5.10 Å². The minimum atomic E-state index is -0.298. The highest BCUT2D eigenvalue weighted by atomic mass is 16.3. The molecule has 0 fully saturated rings. The van der Waals surface area contributed by atoms with E-state index in [9.17, 15) is 9.90 Å². The Morgan fingerprint density at radius 1 is 1.37 bits per heavy atom. The highest BCUT2D eigenvalue weighted by molar-refractivity contribution is 5.93. The van der Waals surface area contributed by atoms with Crippen LogP contribution < -0.4 is 5.43 Å². The average Bonchev–Trinajstić information content (AvgIpc) is 2.89. The number of nitrogens with one attached hydrogen (secondary N) is 2. The number of aromatic hydroxyl groups is 1. The molecule has 0 saturated carbocycles. The second kappa shape index (κ2) is 5.39. The predicted molar refractivity (Wildman–Crippen MR) is 73.4 cm³/mol. The Kier molecular flexibility index (Phi) is 3.66. The van der Waals surface area contributed by atoms with Crippen LogP contribution in [0.1, 0.15) is 27.2 Å². The molecule has 0 atom stereocenters. The number of hydrogen-bond acceptors (Lipinski definition) is 3. The molecule has 0 aliphatic carbocycles. The molecular formula is C14H15N3O2. The Bertz CT molecular complexity index is 593. The van der Waals surface area contributed by atoms with E-state index in [-0.39, 0.29) is 11.7 Å². The number of carbonyl (C=O) groups is 1. The molecular weight excluding hydrogens is 242 g/mol. The van der Waals surface area contributed by atoms with Crippen LogP contribution in [0.15, 0.2) is 35.6 Å². The van der Waals surface area contributed by atoms with Gasteiger partial charge in [-0.1, -0.05) is 0 Å². The van der Waals surface area contributed by atoms with E-state index in [1.54, 1.807) is 36.7 Å². The monoisotopic (exact) mass is 257 g/mol. The molecule has 1 aromatic carbocycles. The smallest absolute Gasteiger partial charge is 0.287 e. The number of aryl methyl sites for hydroxylation is 2. The van der Waals surface area contributed by atoms with Crippen LogP contribution in [-0.4, -0.2) is 22.2 Å². The molecule has 0 saturated heterocycles. The van der Waals surface area contributed by atoms with E-state index in [1.807, 2.05) is 13.8 Å². The van der Waals surface area contributed by atoms with Gasteiger partial charge in [-0.15, -0.1) is 0 Å². The van der Waals surface area contributed by atoms with Crippen molar-refractivity contribution >= 4 is 12.1 Å². The van der Waals surface area contributed by atoms with Crippen LogP contribution in [0.2, 0.25) is 0 Å². The minimum Gasteiger partial charge on any atom is -0.507 e. The van der Waals surface area contributed by atoms with E-state index in [4.69, 9.17) is 0 Å². The molecule has 5 heteroatoms. The summed E-state index contributed by atoms with van der Waals surface area (Å²) in [7, 11) is 0. The van der Waals surface area contributed by atoms with Crippen LogP contribution in [0.5, 0.6) is 5.75 Å². The second-order valence-electron chi connectivity index (χ2n) is 4.29. The van der Waals surface area contributed by atoms with Gasteiger partial charge in [-0.3, -0.25) is 4.79 Å². The lowest BCUT2D eigenvalue weighted by atomic mass is 10.1. The zero-order valence-corrected chi connectivity index (χ0v) is 10.8. The van der Waals surface area contributed by atoms with Crippen molar-refractivity contribution < 1.29 is 9.90 Å². The normalized spacial score (nSPS) is 10.8. The largest absolute Gasteiger partial charge is 0.507 e. The van der Waals surface area contributed by atoms with Crippen molar-refractivity contribution in [2.24, 2.45) is 5.10 Å². The number of phenols is 1. The van der Waals surface area contributed by atoms with Gasteiger partial charge in [-0.25, -0.2) is 5.43 Å². The van der Waals surface area contributed by atoms with Crippen LogP contribution in [0, 0.1) is 13.8 Å². The van der Waals surface area contributed by atoms with Gasteiger partial charge in [0.2, 0.25) is 0 Å². The summed E-state index contributed by atoms with van der Waals surface area (Å²) in [6.07, 6.45) is 3.21. The Morgan fingerprint density at radius 3 is 2.63 bits per heavy atom. The van der Waals surface area contributed by atoms with Gasteiger partial charge in [0, 0.05) is 6.20 Å². The summed E-state index contributed by atoms with van der Waals surface area (Å²) in [6, 6.07) is 7.00. The van der Waals surface area contributed by atoms with E-state index in [0.29, 0.717) is 5.69 Å². The van der Waals surface area contributed by atoms with E-state index >= 15 is 0 Å². The van der Waals surface area contributed by atoms with Gasteiger partial charge in [0.15, 0.2) is 0 Å². The SMILES string of the molecule is Cc1cc(/C=N/NC(=O)c2ccc[nH]2)cc(C)c1O. The Morgan fingerprint density at radius 2 is 2.05 bits per heavy atom. The lowest BCUT2D eigenvalue weighted by Crippen LogP contribution is -2.17. The zero-order valence-electron chi connectivity index (χ0n) is 10.8. The molecule has 1 heterocycles. The summed E-state index contributed by atoms with van der Waals surface area (Å²) in [6.45, 7) is 3.63. The van der Waals surface area contributed by atoms with Gasteiger partial charge in [-0.05, 0) is 54.8 Å². The number of aromatic amines is 1. The fraction of sp³-hybridized carbons (Fsp3) is 0.143. The number of amides is 1. The number of hydrogen-bond donors (Lipinski definition) is 3. The Balaban J connectivity index is 2.05. The summed E-state index contributed by atoms with van der Waals surface area (Å²) in [4.78, 5) is 14.4. The van der Waals surface area contributed by atoms with Gasteiger partial charge in [0.1, 0.15) is 11.4 Å². The number of hydrazone groups is 1. The average molecular weight is 257 g/mol. The molecule has 0 radical (unpaired) electrons. The number of rotatable bonds is 3. The molecule has 3 N–H and O–H groups in total. The van der Waals surface area contributed by atoms with Gasteiger partial charge in [0.25, 0.3) is 5.91 Å². The second-order valence-corrected chi connectivity index (χ2v) is 4.29. The number of phenolic OH excluding ortho intramolecular Hbond substituents is 1. The maximum Gasteiger partial charge on any atom is 0.287 e. The zero-order chi connectivity index (χ0) is 13.8. The van der Waals surface area contributed by atoms with Crippen LogP contribution in [-0.2, 0) is 0 Å². The number of nitrogens with zero attached hydrogens (tertiary/aromatic N) is 1. The lowest BCUT2D eigenvalue weighted by Gasteiger charge is -2.04. The molecule has 2 aromatic rings. The number of benzene rings is 1. The maximum atomic E-state index is 11.6. The van der Waals surface area contributed by atoms with Crippen molar-refractivity contribution in [2.45, 2.75) is 13.8 Å². The van der Waals surface area contributed by atoms with Crippen molar-refractivity contribution in [1.29, 1.82) is 0 Å². The van der Waals surface area contributed by atoms with E-state index in [1.165, 1.54) is 0 Å². The number of carbonyl (C=O) groups excluding carboxylic acids is 1. The van der Waals surface area contributed by atoms with Crippen LogP contribution >= 0.6 is 0 Å². The number of aromatic nitrogens is 1. The molecule has 19 heavy (non-hydrogen) atoms. The first-order valence-corrected chi connectivity index (χ1v) is 5.85. The van der Waals surface area contributed by atoms with Gasteiger partial charge in [0.05, 0.1) is 6.21 Å². The fourth-order valence-electron chi connectivity index (χ4n) is 1.76. The molecule has 1 amide bonds. The van der Waals surface area contributed by atoms with Crippen molar-refractivity contribution in [3.63, 3.8) is 0 Å². The molecule has 1 aromatic heterocycles. The van der Waals surface area contributed by atoms with E-state index in [0.717, 1.165) is 16.7 Å². The highest BCUT2D eigenvalue weighted by Crippen LogP contribution is 2.21. The molecule has 0 bridgehead atoms. The summed E-state index contributed by atoms with van der Waals surface area (Å²) < 4.78 is 0. The summed E-state index contributed by atoms with van der Waals surface area (Å²) in [5, 5.41) is 13.5. The first kappa shape index (κ1) is 12.9. The van der Waals surface area contributed by atoms with Gasteiger partial charge < -0.3 is 10.1 Å². The maximum absolute atomic E-state index is 11.6. The van der Waals surface area contributed by atoms with Crippen LogP contribution in [0.3, 0.4) is 0 Å². The summed E-state index contributed by atoms with van der Waals surface area (Å²) in [5.41, 5.74) is 5.25. The first-order valence-electron chi connectivity index (χ1n) is 5.85. The van der Waals surface area contributed by atoms with Crippen molar-refractivity contribution in [1.82, 2.24) is 10.4 Å². The summed E-state index contributed by atoms with van der Waals surface area (Å²) >= 11 is 0. The minimum absolute atomic E-state index is 0.285. The lowest BCUT2D eigenvalue weighted by molar-refractivity contribution is 0.0951. The molecule has 5 nitrogen and oxygen atoms in total. The molecule has 2 rings (SSSR count). The summed E-state index contributed by atoms with van der Waals surface area (Å²) in [5.74, 6) is -0.0129. The quantitative estimate of drug-likeness (QED) is 0.581. The third kappa shape index (κ3) is 3.01. The van der Waals surface area contributed by atoms with E-state index in [2.05, 4.69) is 15.5 Å². The van der Waals surface area contributed by atoms with Crippen molar-refractivity contribution in [2.75, 3.05) is 0 Å². The van der Waals surface area contributed by atoms with Crippen molar-refractivity contribution in [3.05, 3.63) is 52.8 Å². The molecule has 98 valence electrons. The predicted octanol–water partition coefficient (Wildman–Crippen LogP) is 2.10. The molecule has 0 aliphatic heterocycles. The van der Waals surface area contributed by atoms with Gasteiger partial charge >= 0.3 is 0 Å². The standard InChI is InChI=1S/C14H15N3O2/c1-9-6-11(7-10(2)13(9)18)8-16-17-14(19)12-4-3-5-15-12/h3-8,15,18H,1-2H3,(H,17,19)/b16-8+. The first-order chi connectivity index (χ1) is 9.08. The highest BCUT2D eigenvalue weighted by Gasteiger charge is 2.04. The third-order valence-electron chi connectivity index (χ3n) is 2.74. The Hall–Kier alpha value is -2.56. The van der Waals surface area contributed by atoms with Crippen LogP contribution in [0.25, 0.3) is 0 Å². The van der Waals surface area contributed by atoms with E-state index < -0.39 is 0 Å². The fourth-order valence-corrected chi connectivity index (χ4v) is 1.76. The third-order valence-corrected chi connectivity index (χ3v) is 2.74. The van der Waals surface area contributed by atoms with Crippen molar-refractivity contribution in [3.8, 4) is 5.75 Å².